The number of nitrogens with zero attached hydrogens (tertiary/aromatic N) is 1. The third-order valence-corrected chi connectivity index (χ3v) is 2.75. The first-order valence-corrected chi connectivity index (χ1v) is 5.88. The summed E-state index contributed by atoms with van der Waals surface area (Å²) in [5.74, 6) is -1.01. The molecule has 2 rings (SSSR count). The van der Waals surface area contributed by atoms with E-state index in [4.69, 9.17) is 11.6 Å². The summed E-state index contributed by atoms with van der Waals surface area (Å²) in [5.41, 5.74) is 1.02. The highest BCUT2D eigenvalue weighted by Gasteiger charge is 2.12. The smallest absolute Gasteiger partial charge is 0.257 e. The fourth-order valence-corrected chi connectivity index (χ4v) is 1.73. The van der Waals surface area contributed by atoms with Crippen molar-refractivity contribution in [3.8, 4) is 0 Å². The average Bonchev–Trinajstić information content (AvgIpc) is 2.41. The van der Waals surface area contributed by atoms with Crippen LogP contribution in [0.25, 0.3) is 0 Å². The molecular weight excluding hydrogens is 269 g/mol. The number of benzene rings is 1. The minimum Gasteiger partial charge on any atom is -0.386 e. The number of aromatic nitrogens is 1. The first-order valence-electron chi connectivity index (χ1n) is 5.50. The second kappa shape index (κ2) is 5.67. The van der Waals surface area contributed by atoms with Crippen LogP contribution in [0.2, 0.25) is 5.02 Å². The van der Waals surface area contributed by atoms with E-state index >= 15 is 0 Å². The first kappa shape index (κ1) is 13.3. The monoisotopic (exact) mass is 279 g/mol. The molecule has 0 radical (unpaired) electrons. The molecule has 0 fully saturated rings. The van der Waals surface area contributed by atoms with E-state index in [0.29, 0.717) is 11.3 Å². The van der Waals surface area contributed by atoms with E-state index in [1.807, 2.05) is 0 Å². The van der Waals surface area contributed by atoms with E-state index in [2.05, 4.69) is 15.6 Å². The highest BCUT2D eigenvalue weighted by atomic mass is 35.5. The molecule has 98 valence electrons. The zero-order valence-corrected chi connectivity index (χ0v) is 10.8. The van der Waals surface area contributed by atoms with Gasteiger partial charge in [-0.15, -0.1) is 0 Å². The Hall–Kier alpha value is -2.14. The van der Waals surface area contributed by atoms with Gasteiger partial charge in [-0.05, 0) is 24.3 Å². The van der Waals surface area contributed by atoms with Gasteiger partial charge in [-0.1, -0.05) is 11.6 Å². The molecule has 0 bridgehead atoms. The second-order valence-electron chi connectivity index (χ2n) is 3.75. The maximum atomic E-state index is 13.6. The van der Waals surface area contributed by atoms with Gasteiger partial charge in [-0.25, -0.2) is 4.39 Å². The number of carbonyl (C=O) groups excluding carboxylic acids is 1. The predicted molar refractivity (Wildman–Crippen MR) is 73.1 cm³/mol. The summed E-state index contributed by atoms with van der Waals surface area (Å²) in [6.45, 7) is 0. The van der Waals surface area contributed by atoms with Crippen LogP contribution < -0.4 is 10.6 Å². The van der Waals surface area contributed by atoms with Gasteiger partial charge >= 0.3 is 0 Å². The lowest BCUT2D eigenvalue weighted by molar-refractivity contribution is 0.102. The van der Waals surface area contributed by atoms with Crippen molar-refractivity contribution in [2.75, 3.05) is 17.7 Å². The van der Waals surface area contributed by atoms with Gasteiger partial charge in [-0.2, -0.15) is 0 Å². The van der Waals surface area contributed by atoms with Crippen LogP contribution in [-0.4, -0.2) is 17.9 Å². The zero-order valence-electron chi connectivity index (χ0n) is 10.1. The molecule has 0 unspecified atom stereocenters. The summed E-state index contributed by atoms with van der Waals surface area (Å²) in [7, 11) is 1.68. The third kappa shape index (κ3) is 3.00. The number of nitrogens with one attached hydrogen (secondary N) is 2. The van der Waals surface area contributed by atoms with Crippen LogP contribution >= 0.6 is 11.6 Å². The topological polar surface area (TPSA) is 54.0 Å². The molecule has 2 N–H and O–H groups in total. The molecule has 1 heterocycles. The van der Waals surface area contributed by atoms with Crippen LogP contribution in [0.15, 0.2) is 36.7 Å². The van der Waals surface area contributed by atoms with Gasteiger partial charge in [0.05, 0.1) is 23.1 Å². The van der Waals surface area contributed by atoms with Crippen molar-refractivity contribution in [2.24, 2.45) is 0 Å². The quantitative estimate of drug-likeness (QED) is 0.907. The number of carbonyl (C=O) groups is 1. The molecule has 1 aromatic heterocycles. The largest absolute Gasteiger partial charge is 0.386 e. The minimum absolute atomic E-state index is 0.0771. The lowest BCUT2D eigenvalue weighted by Crippen LogP contribution is -2.15. The summed E-state index contributed by atoms with van der Waals surface area (Å²) < 4.78 is 13.6. The third-order valence-electron chi connectivity index (χ3n) is 2.51. The first-order chi connectivity index (χ1) is 9.11. The minimum atomic E-state index is -0.582. The molecule has 19 heavy (non-hydrogen) atoms. The van der Waals surface area contributed by atoms with E-state index < -0.39 is 11.7 Å². The van der Waals surface area contributed by atoms with Gasteiger partial charge in [0.25, 0.3) is 5.91 Å². The van der Waals surface area contributed by atoms with Crippen LogP contribution in [0, 0.1) is 5.82 Å². The average molecular weight is 280 g/mol. The molecule has 0 aliphatic rings. The molecule has 1 amide bonds. The van der Waals surface area contributed by atoms with Gasteiger partial charge in [0.15, 0.2) is 0 Å². The van der Waals surface area contributed by atoms with Gasteiger partial charge in [0.1, 0.15) is 5.82 Å². The Balaban J connectivity index is 2.26. The second-order valence-corrected chi connectivity index (χ2v) is 4.19. The van der Waals surface area contributed by atoms with E-state index in [-0.39, 0.29) is 10.7 Å². The summed E-state index contributed by atoms with van der Waals surface area (Å²) in [4.78, 5) is 16.0. The zero-order chi connectivity index (χ0) is 13.8. The van der Waals surface area contributed by atoms with Crippen molar-refractivity contribution < 1.29 is 9.18 Å². The number of halogens is 2. The Morgan fingerprint density at radius 1 is 1.32 bits per heavy atom. The number of hydrogen-bond acceptors (Lipinski definition) is 3. The lowest BCUT2D eigenvalue weighted by Gasteiger charge is -2.09. The Labute approximate surface area is 114 Å². The fraction of sp³-hybridized carbons (Fsp3) is 0.0769. The van der Waals surface area contributed by atoms with E-state index in [0.717, 1.165) is 6.07 Å². The SMILES string of the molecule is CNc1cnccc1C(=O)Nc1ccc(Cl)cc1F. The predicted octanol–water partition coefficient (Wildman–Crippen LogP) is 3.17. The maximum Gasteiger partial charge on any atom is 0.257 e. The molecule has 4 nitrogen and oxygen atoms in total. The number of pyridine rings is 1. The van der Waals surface area contributed by atoms with E-state index in [1.165, 1.54) is 24.5 Å². The highest BCUT2D eigenvalue weighted by Crippen LogP contribution is 2.21. The summed E-state index contributed by atoms with van der Waals surface area (Å²) >= 11 is 5.65. The summed E-state index contributed by atoms with van der Waals surface area (Å²) in [5, 5.41) is 5.61. The molecule has 0 aliphatic carbocycles. The van der Waals surface area contributed by atoms with Crippen molar-refractivity contribution in [3.63, 3.8) is 0 Å². The number of anilines is 2. The number of hydrogen-bond donors (Lipinski definition) is 2. The number of rotatable bonds is 3. The molecule has 0 spiro atoms. The molecule has 0 aliphatic heterocycles. The van der Waals surface area contributed by atoms with Crippen LogP contribution in [0.3, 0.4) is 0 Å². The lowest BCUT2D eigenvalue weighted by atomic mass is 10.2. The van der Waals surface area contributed by atoms with Crippen molar-refractivity contribution >= 4 is 28.9 Å². The Bertz CT molecular complexity index is 619. The summed E-state index contributed by atoms with van der Waals surface area (Å²) in [6.07, 6.45) is 3.01. The van der Waals surface area contributed by atoms with Crippen LogP contribution in [0.4, 0.5) is 15.8 Å². The molecule has 6 heteroatoms. The fourth-order valence-electron chi connectivity index (χ4n) is 1.57. The van der Waals surface area contributed by atoms with Crippen LogP contribution in [0.1, 0.15) is 10.4 Å². The Kier molecular flexibility index (Phi) is 3.97. The van der Waals surface area contributed by atoms with Crippen molar-refractivity contribution in [1.82, 2.24) is 4.98 Å². The molecule has 1 aromatic carbocycles. The van der Waals surface area contributed by atoms with Gasteiger partial charge in [0, 0.05) is 18.3 Å². The molecule has 0 atom stereocenters. The Morgan fingerprint density at radius 2 is 2.11 bits per heavy atom. The molecular formula is C13H11ClFN3O. The van der Waals surface area contributed by atoms with Crippen LogP contribution in [0.5, 0.6) is 0 Å². The highest BCUT2D eigenvalue weighted by molar-refractivity contribution is 6.30. The van der Waals surface area contributed by atoms with Crippen molar-refractivity contribution in [3.05, 3.63) is 53.1 Å². The Morgan fingerprint density at radius 3 is 2.79 bits per heavy atom. The standard InChI is InChI=1S/C13H11ClFN3O/c1-16-12-7-17-5-4-9(12)13(19)18-11-3-2-8(14)6-10(11)15/h2-7,16H,1H3,(H,18,19). The van der Waals surface area contributed by atoms with Crippen LogP contribution in [-0.2, 0) is 0 Å². The molecule has 0 saturated heterocycles. The van der Waals surface area contributed by atoms with Gasteiger partial charge in [0.2, 0.25) is 0 Å². The van der Waals surface area contributed by atoms with E-state index in [1.54, 1.807) is 13.1 Å². The van der Waals surface area contributed by atoms with Crippen molar-refractivity contribution in [2.45, 2.75) is 0 Å². The van der Waals surface area contributed by atoms with Gasteiger partial charge < -0.3 is 10.6 Å². The van der Waals surface area contributed by atoms with Crippen molar-refractivity contribution in [1.29, 1.82) is 0 Å². The molecule has 2 aromatic rings. The van der Waals surface area contributed by atoms with Gasteiger partial charge in [-0.3, -0.25) is 9.78 Å². The summed E-state index contributed by atoms with van der Waals surface area (Å²) in [6, 6.07) is 5.61. The molecule has 0 saturated carbocycles. The van der Waals surface area contributed by atoms with E-state index in [9.17, 15) is 9.18 Å². The maximum absolute atomic E-state index is 13.6. The normalized spacial score (nSPS) is 10.1. The number of amides is 1.